The summed E-state index contributed by atoms with van der Waals surface area (Å²) in [5.74, 6) is 0.644. The van der Waals surface area contributed by atoms with Crippen molar-refractivity contribution < 1.29 is 4.79 Å². The van der Waals surface area contributed by atoms with E-state index in [1.807, 2.05) is 24.3 Å². The Hall–Kier alpha value is -1.90. The number of nitrogens with zero attached hydrogens (tertiary/aromatic N) is 1. The molecule has 0 aliphatic heterocycles. The van der Waals surface area contributed by atoms with E-state index >= 15 is 0 Å². The van der Waals surface area contributed by atoms with Gasteiger partial charge in [-0.2, -0.15) is 0 Å². The summed E-state index contributed by atoms with van der Waals surface area (Å²) in [4.78, 5) is 19.8. The number of benzene rings is 1. The van der Waals surface area contributed by atoms with Gasteiger partial charge in [0.2, 0.25) is 0 Å². The van der Waals surface area contributed by atoms with E-state index in [1.54, 1.807) is 0 Å². The van der Waals surface area contributed by atoms with Gasteiger partial charge in [-0.05, 0) is 44.2 Å². The molecule has 3 nitrogen and oxygen atoms in total. The Morgan fingerprint density at radius 1 is 0.857 bits per heavy atom. The van der Waals surface area contributed by atoms with E-state index in [0.717, 1.165) is 23.9 Å². The van der Waals surface area contributed by atoms with Crippen LogP contribution in [0.15, 0.2) is 36.4 Å². The van der Waals surface area contributed by atoms with Gasteiger partial charge in [0.15, 0.2) is 11.6 Å². The molecular formula is C25H38N2O. The summed E-state index contributed by atoms with van der Waals surface area (Å²) in [7, 11) is 0. The summed E-state index contributed by atoms with van der Waals surface area (Å²) in [6.07, 6.45) is 21.9. The quantitative estimate of drug-likeness (QED) is 0.183. The van der Waals surface area contributed by atoms with Crippen LogP contribution in [0.25, 0.3) is 11.0 Å². The maximum absolute atomic E-state index is 12.2. The van der Waals surface area contributed by atoms with Gasteiger partial charge in [0, 0.05) is 6.42 Å². The molecule has 154 valence electrons. The Morgan fingerprint density at radius 2 is 1.46 bits per heavy atom. The molecule has 0 radical (unpaired) electrons. The first-order valence-corrected chi connectivity index (χ1v) is 11.4. The lowest BCUT2D eigenvalue weighted by Gasteiger charge is -2.00. The highest BCUT2D eigenvalue weighted by Crippen LogP contribution is 2.14. The van der Waals surface area contributed by atoms with Crippen LogP contribution in [0.2, 0.25) is 0 Å². The van der Waals surface area contributed by atoms with Crippen LogP contribution in [0.3, 0.4) is 0 Å². The van der Waals surface area contributed by atoms with Crippen molar-refractivity contribution in [3.05, 3.63) is 42.2 Å². The number of fused-ring (bicyclic) bond motifs is 1. The van der Waals surface area contributed by atoms with Gasteiger partial charge in [0.25, 0.3) is 0 Å². The Balaban J connectivity index is 1.42. The van der Waals surface area contributed by atoms with Gasteiger partial charge in [-0.15, -0.1) is 0 Å². The molecule has 0 saturated carbocycles. The van der Waals surface area contributed by atoms with Crippen LogP contribution in [0.1, 0.15) is 107 Å². The lowest BCUT2D eigenvalue weighted by Crippen LogP contribution is -2.01. The molecule has 2 rings (SSSR count). The summed E-state index contributed by atoms with van der Waals surface area (Å²) in [5, 5.41) is 0. The molecule has 0 bridgehead atoms. The summed E-state index contributed by atoms with van der Waals surface area (Å²) in [5.41, 5.74) is 1.81. The number of para-hydroxylation sites is 2. The molecule has 1 heterocycles. The number of unbranched alkanes of at least 4 members (excludes halogenated alkanes) is 11. The van der Waals surface area contributed by atoms with E-state index in [2.05, 4.69) is 29.0 Å². The van der Waals surface area contributed by atoms with Crippen LogP contribution in [-0.2, 0) is 0 Å². The van der Waals surface area contributed by atoms with Crippen molar-refractivity contribution in [2.24, 2.45) is 0 Å². The number of imidazole rings is 1. The highest BCUT2D eigenvalue weighted by molar-refractivity contribution is 5.95. The van der Waals surface area contributed by atoms with E-state index in [0.29, 0.717) is 12.2 Å². The second-order valence-electron chi connectivity index (χ2n) is 7.86. The molecule has 0 amide bonds. The zero-order chi connectivity index (χ0) is 19.9. The minimum absolute atomic E-state index is 0.133. The smallest absolute Gasteiger partial charge is 0.198 e. The molecular weight excluding hydrogens is 344 g/mol. The van der Waals surface area contributed by atoms with E-state index in [1.165, 1.54) is 70.6 Å². The Labute approximate surface area is 171 Å². The molecule has 3 heteroatoms. The third-order valence-electron chi connectivity index (χ3n) is 5.32. The molecule has 1 aromatic heterocycles. The van der Waals surface area contributed by atoms with Crippen molar-refractivity contribution >= 4 is 16.8 Å². The SMILES string of the molecule is CCCCCCCC/C=C\CCCCCCCC(=O)c1nc2ccccc2[nH]1. The Morgan fingerprint density at radius 3 is 2.14 bits per heavy atom. The number of nitrogens with one attached hydrogen (secondary N) is 1. The average molecular weight is 383 g/mol. The highest BCUT2D eigenvalue weighted by atomic mass is 16.1. The van der Waals surface area contributed by atoms with E-state index in [-0.39, 0.29) is 5.78 Å². The van der Waals surface area contributed by atoms with Crippen LogP contribution in [-0.4, -0.2) is 15.8 Å². The molecule has 28 heavy (non-hydrogen) atoms. The number of aromatic nitrogens is 2. The predicted molar refractivity (Wildman–Crippen MR) is 120 cm³/mol. The second kappa shape index (κ2) is 14.1. The molecule has 0 saturated heterocycles. The van der Waals surface area contributed by atoms with E-state index < -0.39 is 0 Å². The summed E-state index contributed by atoms with van der Waals surface area (Å²) in [6, 6.07) is 7.80. The molecule has 0 spiro atoms. The minimum Gasteiger partial charge on any atom is -0.335 e. The van der Waals surface area contributed by atoms with E-state index in [4.69, 9.17) is 0 Å². The molecule has 0 unspecified atom stereocenters. The van der Waals surface area contributed by atoms with Gasteiger partial charge in [0.05, 0.1) is 11.0 Å². The topological polar surface area (TPSA) is 45.8 Å². The summed E-state index contributed by atoms with van der Waals surface area (Å²) >= 11 is 0. The third-order valence-corrected chi connectivity index (χ3v) is 5.32. The van der Waals surface area contributed by atoms with Gasteiger partial charge < -0.3 is 4.98 Å². The van der Waals surface area contributed by atoms with E-state index in [9.17, 15) is 4.79 Å². The largest absolute Gasteiger partial charge is 0.335 e. The minimum atomic E-state index is 0.133. The van der Waals surface area contributed by atoms with Crippen LogP contribution < -0.4 is 0 Å². The molecule has 2 aromatic rings. The standard InChI is InChI=1S/C25H38N2O/c1-2-3-4-5-6-7-8-9-10-11-12-13-14-15-16-21-24(28)25-26-22-19-17-18-20-23(22)27-25/h9-10,17-20H,2-8,11-16,21H2,1H3,(H,26,27)/b10-9-. The Bertz CT molecular complexity index is 668. The number of rotatable bonds is 16. The van der Waals surface area contributed by atoms with Gasteiger partial charge in [-0.1, -0.05) is 82.6 Å². The fourth-order valence-corrected chi connectivity index (χ4v) is 3.56. The first kappa shape index (κ1) is 22.4. The number of H-pyrrole nitrogens is 1. The van der Waals surface area contributed by atoms with Crippen molar-refractivity contribution in [1.82, 2.24) is 9.97 Å². The van der Waals surface area contributed by atoms with Crippen LogP contribution in [0.5, 0.6) is 0 Å². The van der Waals surface area contributed by atoms with Gasteiger partial charge >= 0.3 is 0 Å². The van der Waals surface area contributed by atoms with Crippen molar-refractivity contribution in [3.63, 3.8) is 0 Å². The van der Waals surface area contributed by atoms with Gasteiger partial charge in [-0.3, -0.25) is 4.79 Å². The fourth-order valence-electron chi connectivity index (χ4n) is 3.56. The number of allylic oxidation sites excluding steroid dienone is 2. The molecule has 1 N–H and O–H groups in total. The van der Waals surface area contributed by atoms with Crippen molar-refractivity contribution in [1.29, 1.82) is 0 Å². The van der Waals surface area contributed by atoms with Gasteiger partial charge in [-0.25, -0.2) is 4.98 Å². The first-order chi connectivity index (χ1) is 13.8. The third kappa shape index (κ3) is 8.86. The van der Waals surface area contributed by atoms with Crippen LogP contribution in [0.4, 0.5) is 0 Å². The molecule has 1 aromatic carbocycles. The maximum Gasteiger partial charge on any atom is 0.198 e. The average Bonchev–Trinajstić information content (AvgIpc) is 3.15. The fraction of sp³-hybridized carbons (Fsp3) is 0.600. The molecule has 0 aliphatic carbocycles. The Kier molecular flexibility index (Phi) is 11.3. The predicted octanol–water partition coefficient (Wildman–Crippen LogP) is 7.78. The van der Waals surface area contributed by atoms with Crippen LogP contribution in [0, 0.1) is 0 Å². The second-order valence-corrected chi connectivity index (χ2v) is 7.86. The van der Waals surface area contributed by atoms with Crippen molar-refractivity contribution in [2.45, 2.75) is 96.8 Å². The first-order valence-electron chi connectivity index (χ1n) is 11.4. The zero-order valence-electron chi connectivity index (χ0n) is 17.7. The van der Waals surface area contributed by atoms with Crippen LogP contribution >= 0.6 is 0 Å². The summed E-state index contributed by atoms with van der Waals surface area (Å²) in [6.45, 7) is 2.27. The number of carbonyl (C=O) groups excluding carboxylic acids is 1. The zero-order valence-corrected chi connectivity index (χ0v) is 17.7. The number of ketones is 1. The number of hydrogen-bond acceptors (Lipinski definition) is 2. The number of aromatic amines is 1. The van der Waals surface area contributed by atoms with Gasteiger partial charge in [0.1, 0.15) is 0 Å². The number of Topliss-reactive ketones (excluding diaryl/α,β-unsaturated/α-hetero) is 1. The molecule has 0 atom stereocenters. The maximum atomic E-state index is 12.2. The summed E-state index contributed by atoms with van der Waals surface area (Å²) < 4.78 is 0. The normalized spacial score (nSPS) is 11.6. The number of hydrogen-bond donors (Lipinski definition) is 1. The lowest BCUT2D eigenvalue weighted by molar-refractivity contribution is 0.0970. The molecule has 0 fully saturated rings. The molecule has 0 aliphatic rings. The number of carbonyl (C=O) groups is 1. The van der Waals surface area contributed by atoms with Crippen molar-refractivity contribution in [3.8, 4) is 0 Å². The van der Waals surface area contributed by atoms with Crippen molar-refractivity contribution in [2.75, 3.05) is 0 Å². The highest BCUT2D eigenvalue weighted by Gasteiger charge is 2.10. The monoisotopic (exact) mass is 382 g/mol. The lowest BCUT2D eigenvalue weighted by atomic mass is 10.1.